The van der Waals surface area contributed by atoms with Gasteiger partial charge < -0.3 is 10.6 Å². The number of benzene rings is 5. The highest BCUT2D eigenvalue weighted by Crippen LogP contribution is 2.41. The van der Waals surface area contributed by atoms with Crippen molar-refractivity contribution in [2.75, 3.05) is 10.6 Å². The highest BCUT2D eigenvalue weighted by atomic mass is 19.1. The first kappa shape index (κ1) is 19.8. The van der Waals surface area contributed by atoms with Crippen LogP contribution in [0, 0.1) is 11.6 Å². The Bertz CT molecular complexity index is 1310. The molecule has 0 aliphatic heterocycles. The fourth-order valence-electron chi connectivity index (χ4n) is 3.87. The molecule has 0 radical (unpaired) electrons. The monoisotopic (exact) mass is 422 g/mol. The molecule has 5 aromatic rings. The highest BCUT2D eigenvalue weighted by Gasteiger charge is 2.14. The Labute approximate surface area is 185 Å². The zero-order valence-electron chi connectivity index (χ0n) is 17.1. The number of hydrogen-bond acceptors (Lipinski definition) is 2. The Balaban J connectivity index is 1.68. The average Bonchev–Trinajstić information content (AvgIpc) is 2.82. The van der Waals surface area contributed by atoms with Gasteiger partial charge in [0.2, 0.25) is 0 Å². The van der Waals surface area contributed by atoms with Crippen molar-refractivity contribution >= 4 is 33.5 Å². The second-order valence-corrected chi connectivity index (χ2v) is 7.52. The lowest BCUT2D eigenvalue weighted by atomic mass is 9.95. The van der Waals surface area contributed by atoms with E-state index in [0.717, 1.165) is 44.6 Å². The van der Waals surface area contributed by atoms with Crippen LogP contribution in [0.25, 0.3) is 21.9 Å². The molecule has 0 aliphatic carbocycles. The van der Waals surface area contributed by atoms with Gasteiger partial charge in [-0.2, -0.15) is 0 Å². The van der Waals surface area contributed by atoms with Crippen molar-refractivity contribution in [1.82, 2.24) is 0 Å². The van der Waals surface area contributed by atoms with Crippen LogP contribution in [-0.2, 0) is 0 Å². The Kier molecular flexibility index (Phi) is 5.26. The predicted molar refractivity (Wildman–Crippen MR) is 129 cm³/mol. The van der Waals surface area contributed by atoms with Crippen molar-refractivity contribution in [3.8, 4) is 11.1 Å². The minimum atomic E-state index is -0.281. The van der Waals surface area contributed by atoms with E-state index < -0.39 is 0 Å². The minimum Gasteiger partial charge on any atom is -0.355 e. The van der Waals surface area contributed by atoms with E-state index in [9.17, 15) is 8.78 Å². The molecule has 4 heteroatoms. The van der Waals surface area contributed by atoms with E-state index >= 15 is 0 Å². The summed E-state index contributed by atoms with van der Waals surface area (Å²) < 4.78 is 26.8. The Hall–Kier alpha value is -4.18. The molecule has 0 saturated heterocycles. The number of hydrogen-bond donors (Lipinski definition) is 2. The van der Waals surface area contributed by atoms with Crippen molar-refractivity contribution in [2.24, 2.45) is 0 Å². The van der Waals surface area contributed by atoms with Gasteiger partial charge in [0.25, 0.3) is 0 Å². The first-order chi connectivity index (χ1) is 15.7. The van der Waals surface area contributed by atoms with E-state index in [1.165, 1.54) is 24.3 Å². The molecule has 0 saturated carbocycles. The third-order valence-electron chi connectivity index (χ3n) is 5.37. The van der Waals surface area contributed by atoms with Gasteiger partial charge in [0.1, 0.15) is 11.6 Å². The fraction of sp³-hybridized carbons (Fsp3) is 0. The van der Waals surface area contributed by atoms with E-state index in [4.69, 9.17) is 0 Å². The zero-order chi connectivity index (χ0) is 21.9. The van der Waals surface area contributed by atoms with Crippen LogP contribution < -0.4 is 10.6 Å². The van der Waals surface area contributed by atoms with Gasteiger partial charge in [-0.15, -0.1) is 0 Å². The van der Waals surface area contributed by atoms with Gasteiger partial charge in [0.05, 0.1) is 0 Å². The maximum absolute atomic E-state index is 13.4. The number of halogens is 2. The quantitative estimate of drug-likeness (QED) is 0.298. The summed E-state index contributed by atoms with van der Waals surface area (Å²) in [6.45, 7) is 0. The second kappa shape index (κ2) is 8.52. The SMILES string of the molecule is Fc1ccc(Nc2cccc(Nc3ccc(F)cc3)c2-c2cccc3ccccc23)cc1. The molecule has 0 unspecified atom stereocenters. The smallest absolute Gasteiger partial charge is 0.123 e. The average molecular weight is 422 g/mol. The van der Waals surface area contributed by atoms with Crippen molar-refractivity contribution in [2.45, 2.75) is 0 Å². The second-order valence-electron chi connectivity index (χ2n) is 7.52. The molecular weight excluding hydrogens is 402 g/mol. The zero-order valence-corrected chi connectivity index (χ0v) is 17.1. The number of anilines is 4. The molecular formula is C28H20F2N2. The summed E-state index contributed by atoms with van der Waals surface area (Å²) in [6.07, 6.45) is 0. The summed E-state index contributed by atoms with van der Waals surface area (Å²) in [7, 11) is 0. The molecule has 0 atom stereocenters. The van der Waals surface area contributed by atoms with Crippen LogP contribution in [0.1, 0.15) is 0 Å². The molecule has 2 nitrogen and oxygen atoms in total. The van der Waals surface area contributed by atoms with E-state index in [1.54, 1.807) is 24.3 Å². The fourth-order valence-corrected chi connectivity index (χ4v) is 3.87. The molecule has 0 aromatic heterocycles. The molecule has 0 amide bonds. The number of nitrogens with one attached hydrogen (secondary N) is 2. The summed E-state index contributed by atoms with van der Waals surface area (Å²) in [5.74, 6) is -0.562. The van der Waals surface area contributed by atoms with Gasteiger partial charge in [0, 0.05) is 28.3 Å². The lowest BCUT2D eigenvalue weighted by Crippen LogP contribution is -1.99. The first-order valence-electron chi connectivity index (χ1n) is 10.3. The lowest BCUT2D eigenvalue weighted by molar-refractivity contribution is 0.627. The first-order valence-corrected chi connectivity index (χ1v) is 10.3. The molecule has 0 heterocycles. The number of fused-ring (bicyclic) bond motifs is 1. The largest absolute Gasteiger partial charge is 0.355 e. The summed E-state index contributed by atoms with van der Waals surface area (Å²) in [5.41, 5.74) is 5.34. The third kappa shape index (κ3) is 4.03. The molecule has 0 fully saturated rings. The normalized spacial score (nSPS) is 10.8. The van der Waals surface area contributed by atoms with Gasteiger partial charge in [0.15, 0.2) is 0 Å². The molecule has 0 bridgehead atoms. The van der Waals surface area contributed by atoms with Crippen molar-refractivity contribution in [3.63, 3.8) is 0 Å². The van der Waals surface area contributed by atoms with Crippen LogP contribution in [0.15, 0.2) is 109 Å². The maximum Gasteiger partial charge on any atom is 0.123 e. The van der Waals surface area contributed by atoms with Crippen LogP contribution in [0.2, 0.25) is 0 Å². The van der Waals surface area contributed by atoms with Crippen molar-refractivity contribution < 1.29 is 8.78 Å². The van der Waals surface area contributed by atoms with Crippen LogP contribution >= 0.6 is 0 Å². The highest BCUT2D eigenvalue weighted by molar-refractivity contribution is 6.04. The van der Waals surface area contributed by atoms with E-state index in [0.29, 0.717) is 0 Å². The topological polar surface area (TPSA) is 24.1 Å². The van der Waals surface area contributed by atoms with Gasteiger partial charge in [-0.3, -0.25) is 0 Å². The summed E-state index contributed by atoms with van der Waals surface area (Å²) >= 11 is 0. The summed E-state index contributed by atoms with van der Waals surface area (Å²) in [5, 5.41) is 9.11. The van der Waals surface area contributed by atoms with Crippen LogP contribution in [0.5, 0.6) is 0 Å². The predicted octanol–water partition coefficient (Wildman–Crippen LogP) is 8.27. The number of rotatable bonds is 5. The standard InChI is InChI=1S/C28H20F2N2/c29-20-11-15-22(16-12-20)31-26-9-4-10-27(32-23-17-13-21(30)14-18-23)28(26)25-8-3-6-19-5-1-2-7-24(19)25/h1-18,31-32H. The van der Waals surface area contributed by atoms with Crippen LogP contribution in [-0.4, -0.2) is 0 Å². The Morgan fingerprint density at radius 2 is 0.969 bits per heavy atom. The van der Waals surface area contributed by atoms with Gasteiger partial charge in [-0.05, 0) is 77.0 Å². The molecule has 0 aliphatic rings. The molecule has 5 rings (SSSR count). The van der Waals surface area contributed by atoms with Crippen molar-refractivity contribution in [3.05, 3.63) is 121 Å². The summed E-state index contributed by atoms with van der Waals surface area (Å²) in [6, 6.07) is 32.9. The molecule has 2 N–H and O–H groups in total. The van der Waals surface area contributed by atoms with Gasteiger partial charge in [-0.1, -0.05) is 48.5 Å². The van der Waals surface area contributed by atoms with E-state index in [2.05, 4.69) is 34.9 Å². The Morgan fingerprint density at radius 1 is 0.469 bits per heavy atom. The van der Waals surface area contributed by atoms with Gasteiger partial charge >= 0.3 is 0 Å². The molecule has 5 aromatic carbocycles. The van der Waals surface area contributed by atoms with E-state index in [-0.39, 0.29) is 11.6 Å². The van der Waals surface area contributed by atoms with Gasteiger partial charge in [-0.25, -0.2) is 8.78 Å². The van der Waals surface area contributed by atoms with Crippen LogP contribution in [0.4, 0.5) is 31.5 Å². The lowest BCUT2D eigenvalue weighted by Gasteiger charge is -2.19. The minimum absolute atomic E-state index is 0.281. The van der Waals surface area contributed by atoms with E-state index in [1.807, 2.05) is 36.4 Å². The summed E-state index contributed by atoms with van der Waals surface area (Å²) in [4.78, 5) is 0. The maximum atomic E-state index is 13.4. The third-order valence-corrected chi connectivity index (χ3v) is 5.37. The molecule has 156 valence electrons. The Morgan fingerprint density at radius 3 is 1.56 bits per heavy atom. The molecule has 32 heavy (non-hydrogen) atoms. The van der Waals surface area contributed by atoms with Crippen molar-refractivity contribution in [1.29, 1.82) is 0 Å². The molecule has 0 spiro atoms. The van der Waals surface area contributed by atoms with Crippen LogP contribution in [0.3, 0.4) is 0 Å².